The third-order valence-corrected chi connectivity index (χ3v) is 7.29. The molecule has 3 aliphatic heterocycles. The largest absolute Gasteiger partial charge is 0.461 e. The van der Waals surface area contributed by atoms with E-state index in [9.17, 15) is 14.4 Å². The molecule has 1 saturated heterocycles. The van der Waals surface area contributed by atoms with Crippen LogP contribution in [0.25, 0.3) is 6.08 Å². The SMILES string of the molecule is CC(=O)[C@@H]1[C@H](C(=O)c2ccco2)[C@@]2(C(=O)Nc3ccccc32)[C@H]2C=Cc3cc(Cl)ccc3N12. The van der Waals surface area contributed by atoms with Gasteiger partial charge in [-0.05, 0) is 54.4 Å². The number of fused-ring (bicyclic) bond motifs is 6. The van der Waals surface area contributed by atoms with Gasteiger partial charge in [-0.25, -0.2) is 0 Å². The van der Waals surface area contributed by atoms with Crippen LogP contribution in [-0.4, -0.2) is 29.6 Å². The summed E-state index contributed by atoms with van der Waals surface area (Å²) in [5.41, 5.74) is 1.65. The predicted molar refractivity (Wildman–Crippen MR) is 125 cm³/mol. The van der Waals surface area contributed by atoms with Crippen LogP contribution in [0.2, 0.25) is 5.02 Å². The number of benzene rings is 2. The monoisotopic (exact) mass is 458 g/mol. The van der Waals surface area contributed by atoms with Gasteiger partial charge in [0.25, 0.3) is 0 Å². The second-order valence-corrected chi connectivity index (χ2v) is 9.09. The molecule has 0 radical (unpaired) electrons. The number of amides is 1. The van der Waals surface area contributed by atoms with Gasteiger partial charge in [-0.3, -0.25) is 14.4 Å². The van der Waals surface area contributed by atoms with Crippen LogP contribution < -0.4 is 10.2 Å². The maximum Gasteiger partial charge on any atom is 0.238 e. The van der Waals surface area contributed by atoms with Crippen LogP contribution >= 0.6 is 11.6 Å². The quantitative estimate of drug-likeness (QED) is 0.585. The molecule has 7 heteroatoms. The summed E-state index contributed by atoms with van der Waals surface area (Å²) in [7, 11) is 0. The van der Waals surface area contributed by atoms with E-state index in [1.807, 2.05) is 53.5 Å². The Balaban J connectivity index is 1.67. The fourth-order valence-corrected chi connectivity index (χ4v) is 6.06. The van der Waals surface area contributed by atoms with Crippen molar-refractivity contribution in [1.29, 1.82) is 0 Å². The van der Waals surface area contributed by atoms with Crippen molar-refractivity contribution in [2.75, 3.05) is 10.2 Å². The number of rotatable bonds is 3. The summed E-state index contributed by atoms with van der Waals surface area (Å²) in [6.45, 7) is 1.47. The number of para-hydroxylation sites is 1. The predicted octanol–water partition coefficient (Wildman–Crippen LogP) is 4.50. The smallest absolute Gasteiger partial charge is 0.238 e. The number of carbonyl (C=O) groups is 3. The van der Waals surface area contributed by atoms with Gasteiger partial charge in [0, 0.05) is 16.4 Å². The molecular formula is C26H19ClN2O4. The molecule has 1 aromatic heterocycles. The van der Waals surface area contributed by atoms with Gasteiger partial charge < -0.3 is 14.6 Å². The molecule has 1 fully saturated rings. The molecule has 164 valence electrons. The van der Waals surface area contributed by atoms with Crippen LogP contribution in [-0.2, 0) is 15.0 Å². The van der Waals surface area contributed by atoms with Crippen molar-refractivity contribution in [3.8, 4) is 0 Å². The number of ketones is 2. The summed E-state index contributed by atoms with van der Waals surface area (Å²) in [4.78, 5) is 42.9. The molecule has 1 spiro atoms. The van der Waals surface area contributed by atoms with E-state index in [1.165, 1.54) is 13.2 Å². The van der Waals surface area contributed by atoms with Gasteiger partial charge in [0.05, 0.1) is 24.3 Å². The summed E-state index contributed by atoms with van der Waals surface area (Å²) in [6.07, 6.45) is 5.24. The Bertz CT molecular complexity index is 1360. The zero-order valence-corrected chi connectivity index (χ0v) is 18.4. The minimum Gasteiger partial charge on any atom is -0.461 e. The third kappa shape index (κ3) is 2.52. The lowest BCUT2D eigenvalue weighted by atomic mass is 9.65. The highest BCUT2D eigenvalue weighted by Crippen LogP contribution is 2.57. The molecule has 0 bridgehead atoms. The average molecular weight is 459 g/mol. The average Bonchev–Trinajstić information content (AvgIpc) is 3.50. The number of nitrogens with zero attached hydrogens (tertiary/aromatic N) is 1. The summed E-state index contributed by atoms with van der Waals surface area (Å²) >= 11 is 6.23. The topological polar surface area (TPSA) is 79.6 Å². The van der Waals surface area contributed by atoms with Gasteiger partial charge in [0.15, 0.2) is 11.5 Å². The summed E-state index contributed by atoms with van der Waals surface area (Å²) in [5, 5.41) is 3.54. The molecule has 1 N–H and O–H groups in total. The van der Waals surface area contributed by atoms with E-state index in [-0.39, 0.29) is 23.2 Å². The van der Waals surface area contributed by atoms with Crippen molar-refractivity contribution in [3.63, 3.8) is 0 Å². The maximum atomic E-state index is 14.0. The molecule has 1 amide bonds. The molecule has 3 aromatic rings. The van der Waals surface area contributed by atoms with Crippen molar-refractivity contribution < 1.29 is 18.8 Å². The molecule has 2 aromatic carbocycles. The van der Waals surface area contributed by atoms with Gasteiger partial charge in [-0.2, -0.15) is 0 Å². The number of nitrogens with one attached hydrogen (secondary N) is 1. The van der Waals surface area contributed by atoms with E-state index in [2.05, 4.69) is 5.32 Å². The fraction of sp³-hybridized carbons (Fsp3) is 0.192. The summed E-state index contributed by atoms with van der Waals surface area (Å²) in [5.74, 6) is -1.72. The Kier molecular flexibility index (Phi) is 4.20. The second kappa shape index (κ2) is 6.93. The van der Waals surface area contributed by atoms with Gasteiger partial charge in [-0.1, -0.05) is 42.0 Å². The zero-order chi connectivity index (χ0) is 22.9. The normalized spacial score (nSPS) is 26.7. The Morgan fingerprint density at radius 3 is 2.70 bits per heavy atom. The van der Waals surface area contributed by atoms with Crippen molar-refractivity contribution >= 4 is 46.5 Å². The molecule has 0 saturated carbocycles. The number of anilines is 2. The Hall–Kier alpha value is -3.64. The number of carbonyl (C=O) groups excluding carboxylic acids is 3. The van der Waals surface area contributed by atoms with E-state index in [0.29, 0.717) is 16.3 Å². The Morgan fingerprint density at radius 1 is 1.12 bits per heavy atom. The lowest BCUT2D eigenvalue weighted by Gasteiger charge is -2.37. The summed E-state index contributed by atoms with van der Waals surface area (Å²) < 4.78 is 5.45. The first kappa shape index (κ1) is 20.0. The standard InChI is InChI=1S/C26H19ClN2O4/c1-14(30)23-22(24(31)20-7-4-12-33-20)26(17-5-2-3-6-18(17)28-25(26)32)21-11-8-15-13-16(27)9-10-19(15)29(21)23/h2-13,21-23H,1H3,(H,28,32)/t21-,22-,23-,26+/m1/s1. The maximum absolute atomic E-state index is 14.0. The van der Waals surface area contributed by atoms with E-state index in [4.69, 9.17) is 16.0 Å². The van der Waals surface area contributed by atoms with Crippen LogP contribution in [0.3, 0.4) is 0 Å². The van der Waals surface area contributed by atoms with E-state index in [1.54, 1.807) is 18.2 Å². The number of furan rings is 1. The highest BCUT2D eigenvalue weighted by Gasteiger charge is 2.70. The lowest BCUT2D eigenvalue weighted by molar-refractivity contribution is -0.122. The van der Waals surface area contributed by atoms with E-state index in [0.717, 1.165) is 11.3 Å². The molecule has 6 rings (SSSR count). The number of hydrogen-bond donors (Lipinski definition) is 1. The molecule has 4 atom stereocenters. The Morgan fingerprint density at radius 2 is 1.94 bits per heavy atom. The molecule has 3 aliphatic rings. The van der Waals surface area contributed by atoms with Crippen molar-refractivity contribution in [3.05, 3.63) is 88.8 Å². The van der Waals surface area contributed by atoms with Gasteiger partial charge in [0.1, 0.15) is 5.41 Å². The van der Waals surface area contributed by atoms with Crippen molar-refractivity contribution in [2.45, 2.75) is 24.4 Å². The molecule has 6 nitrogen and oxygen atoms in total. The Labute approximate surface area is 194 Å². The highest BCUT2D eigenvalue weighted by molar-refractivity contribution is 6.31. The van der Waals surface area contributed by atoms with Gasteiger partial charge in [-0.15, -0.1) is 0 Å². The number of Topliss-reactive ketones (excluding diaryl/α,β-unsaturated/α-hetero) is 2. The first-order chi connectivity index (χ1) is 15.9. The van der Waals surface area contributed by atoms with Crippen LogP contribution in [0.1, 0.15) is 28.6 Å². The van der Waals surface area contributed by atoms with Crippen LogP contribution in [0.4, 0.5) is 11.4 Å². The summed E-state index contributed by atoms with van der Waals surface area (Å²) in [6, 6.07) is 14.6. The minimum absolute atomic E-state index is 0.128. The van der Waals surface area contributed by atoms with Crippen LogP contribution in [0, 0.1) is 5.92 Å². The number of halogens is 1. The third-order valence-electron chi connectivity index (χ3n) is 7.06. The molecule has 0 unspecified atom stereocenters. The van der Waals surface area contributed by atoms with E-state index < -0.39 is 23.4 Å². The highest BCUT2D eigenvalue weighted by atomic mass is 35.5. The van der Waals surface area contributed by atoms with Crippen LogP contribution in [0.5, 0.6) is 0 Å². The van der Waals surface area contributed by atoms with E-state index >= 15 is 0 Å². The van der Waals surface area contributed by atoms with Gasteiger partial charge >= 0.3 is 0 Å². The van der Waals surface area contributed by atoms with Gasteiger partial charge in [0.2, 0.25) is 11.7 Å². The first-order valence-corrected chi connectivity index (χ1v) is 11.1. The molecular weight excluding hydrogens is 440 g/mol. The molecule has 4 heterocycles. The lowest BCUT2D eigenvalue weighted by Crippen LogP contribution is -2.51. The molecule has 0 aliphatic carbocycles. The first-order valence-electron chi connectivity index (χ1n) is 10.7. The van der Waals surface area contributed by atoms with Crippen molar-refractivity contribution in [1.82, 2.24) is 0 Å². The van der Waals surface area contributed by atoms with Crippen LogP contribution in [0.15, 0.2) is 71.4 Å². The zero-order valence-electron chi connectivity index (χ0n) is 17.6. The number of hydrogen-bond acceptors (Lipinski definition) is 5. The molecule has 33 heavy (non-hydrogen) atoms. The second-order valence-electron chi connectivity index (χ2n) is 8.66. The minimum atomic E-state index is -1.30. The fourth-order valence-electron chi connectivity index (χ4n) is 5.88. The van der Waals surface area contributed by atoms with Crippen molar-refractivity contribution in [2.24, 2.45) is 5.92 Å².